The van der Waals surface area contributed by atoms with Crippen molar-refractivity contribution in [2.24, 2.45) is 0 Å². The van der Waals surface area contributed by atoms with Crippen LogP contribution in [0.1, 0.15) is 0 Å². The van der Waals surface area contributed by atoms with Gasteiger partial charge < -0.3 is 9.47 Å². The van der Waals surface area contributed by atoms with E-state index in [4.69, 9.17) is 0 Å². The average molecular weight is 381 g/mol. The molecule has 6 nitrogen and oxygen atoms in total. The van der Waals surface area contributed by atoms with Gasteiger partial charge >= 0.3 is 12.3 Å². The van der Waals surface area contributed by atoms with E-state index < -0.39 is 30.3 Å². The second kappa shape index (κ2) is 5.95. The van der Waals surface area contributed by atoms with Crippen LogP contribution in [0.4, 0.5) is 13.2 Å². The van der Waals surface area contributed by atoms with E-state index in [2.05, 4.69) is 30.5 Å². The molecule has 0 spiro atoms. The second-order valence-corrected chi connectivity index (χ2v) is 5.00. The van der Waals surface area contributed by atoms with Gasteiger partial charge in [0.25, 0.3) is 5.56 Å². The highest BCUT2D eigenvalue weighted by atomic mass is 79.9. The number of hydrogen-bond donors (Lipinski definition) is 0. The molecule has 0 saturated heterocycles. The van der Waals surface area contributed by atoms with Crippen LogP contribution in [0.25, 0.3) is 10.8 Å². The smallest absolute Gasteiger partial charge is 0.468 e. The number of rotatable bonds is 3. The van der Waals surface area contributed by atoms with E-state index in [9.17, 15) is 22.8 Å². The van der Waals surface area contributed by atoms with Crippen molar-refractivity contribution >= 4 is 32.7 Å². The molecule has 0 atom stereocenters. The molecule has 10 heteroatoms. The van der Waals surface area contributed by atoms with Crippen LogP contribution in [-0.4, -0.2) is 29.2 Å². The highest BCUT2D eigenvalue weighted by Gasteiger charge is 2.33. The van der Waals surface area contributed by atoms with Crippen LogP contribution in [0.15, 0.2) is 27.5 Å². The van der Waals surface area contributed by atoms with Gasteiger partial charge in [0.1, 0.15) is 6.54 Å². The lowest BCUT2D eigenvalue weighted by Gasteiger charge is -2.12. The lowest BCUT2D eigenvalue weighted by molar-refractivity contribution is -0.275. The first-order valence-corrected chi connectivity index (χ1v) is 6.53. The fourth-order valence-corrected chi connectivity index (χ4v) is 2.07. The summed E-state index contributed by atoms with van der Waals surface area (Å²) in [6.45, 7) is -0.633. The van der Waals surface area contributed by atoms with Gasteiger partial charge in [0.2, 0.25) is 5.88 Å². The zero-order valence-corrected chi connectivity index (χ0v) is 12.6. The number of methoxy groups -OCH3 is 1. The number of benzene rings is 1. The number of fused-ring (bicyclic) bond motifs is 1. The van der Waals surface area contributed by atoms with Crippen molar-refractivity contribution < 1.29 is 27.4 Å². The minimum atomic E-state index is -4.99. The Morgan fingerprint density at radius 1 is 1.36 bits per heavy atom. The Kier molecular flexibility index (Phi) is 4.40. The summed E-state index contributed by atoms with van der Waals surface area (Å²) in [4.78, 5) is 23.4. The standard InChI is InChI=1S/C12H8BrF3N2O4/c1-21-9(19)5-18-11(20)8-4-6(13)2-3-7(8)10(17-18)22-12(14,15)16/h2-4H,5H2,1H3. The fraction of sp³-hybridized carbons (Fsp3) is 0.250. The predicted molar refractivity (Wildman–Crippen MR) is 72.4 cm³/mol. The molecule has 1 heterocycles. The summed E-state index contributed by atoms with van der Waals surface area (Å²) in [6.07, 6.45) is -4.99. The minimum absolute atomic E-state index is 0.0764. The highest BCUT2D eigenvalue weighted by molar-refractivity contribution is 9.10. The van der Waals surface area contributed by atoms with Crippen molar-refractivity contribution in [1.82, 2.24) is 9.78 Å². The van der Waals surface area contributed by atoms with Crippen LogP contribution in [-0.2, 0) is 16.1 Å². The van der Waals surface area contributed by atoms with Gasteiger partial charge in [-0.25, -0.2) is 4.68 Å². The molecular formula is C12H8BrF3N2O4. The van der Waals surface area contributed by atoms with Gasteiger partial charge in [-0.15, -0.1) is 18.3 Å². The molecule has 2 aromatic rings. The van der Waals surface area contributed by atoms with Crippen molar-refractivity contribution in [2.75, 3.05) is 7.11 Å². The van der Waals surface area contributed by atoms with Crippen LogP contribution in [0.2, 0.25) is 0 Å². The molecule has 118 valence electrons. The van der Waals surface area contributed by atoms with Gasteiger partial charge in [0.05, 0.1) is 17.9 Å². The van der Waals surface area contributed by atoms with Gasteiger partial charge in [-0.05, 0) is 18.2 Å². The lowest BCUT2D eigenvalue weighted by atomic mass is 10.2. The van der Waals surface area contributed by atoms with Crippen LogP contribution >= 0.6 is 15.9 Å². The van der Waals surface area contributed by atoms with E-state index in [0.717, 1.165) is 7.11 Å². The van der Waals surface area contributed by atoms with Crippen LogP contribution in [0.3, 0.4) is 0 Å². The second-order valence-electron chi connectivity index (χ2n) is 4.08. The first-order valence-electron chi connectivity index (χ1n) is 5.74. The Bertz CT molecular complexity index is 788. The number of halogens is 4. The molecule has 0 radical (unpaired) electrons. The van der Waals surface area contributed by atoms with Crippen LogP contribution < -0.4 is 10.3 Å². The third kappa shape index (κ3) is 3.56. The molecule has 0 bridgehead atoms. The van der Waals surface area contributed by atoms with Gasteiger partial charge in [-0.2, -0.15) is 0 Å². The zero-order valence-electron chi connectivity index (χ0n) is 11.0. The highest BCUT2D eigenvalue weighted by Crippen LogP contribution is 2.28. The SMILES string of the molecule is COC(=O)Cn1nc(OC(F)(F)F)c2ccc(Br)cc2c1=O. The molecule has 0 amide bonds. The number of carbonyl (C=O) groups is 1. The van der Waals surface area contributed by atoms with E-state index in [1.165, 1.54) is 18.2 Å². The van der Waals surface area contributed by atoms with Crippen molar-refractivity contribution in [2.45, 2.75) is 12.9 Å². The Labute approximate surface area is 129 Å². The molecule has 0 aliphatic heterocycles. The van der Waals surface area contributed by atoms with Crippen molar-refractivity contribution in [3.05, 3.63) is 33.0 Å². The van der Waals surface area contributed by atoms with Crippen LogP contribution in [0.5, 0.6) is 5.88 Å². The molecule has 0 aliphatic rings. The predicted octanol–water partition coefficient (Wildman–Crippen LogP) is 2.23. The van der Waals surface area contributed by atoms with E-state index in [1.807, 2.05) is 0 Å². The van der Waals surface area contributed by atoms with Gasteiger partial charge in [-0.1, -0.05) is 15.9 Å². The number of ether oxygens (including phenoxy) is 2. The number of carbonyl (C=O) groups excluding carboxylic acids is 1. The summed E-state index contributed by atoms with van der Waals surface area (Å²) in [6, 6.07) is 4.02. The molecule has 1 aromatic heterocycles. The summed E-state index contributed by atoms with van der Waals surface area (Å²) in [7, 11) is 1.08. The Hall–Kier alpha value is -2.10. The number of hydrogen-bond acceptors (Lipinski definition) is 5. The average Bonchev–Trinajstić information content (AvgIpc) is 2.42. The first-order chi connectivity index (χ1) is 10.2. The minimum Gasteiger partial charge on any atom is -0.468 e. The quantitative estimate of drug-likeness (QED) is 0.763. The maximum Gasteiger partial charge on any atom is 0.574 e. The van der Waals surface area contributed by atoms with Crippen LogP contribution in [0, 0.1) is 0 Å². The Morgan fingerprint density at radius 3 is 2.64 bits per heavy atom. The van der Waals surface area contributed by atoms with E-state index in [-0.39, 0.29) is 10.8 Å². The van der Waals surface area contributed by atoms with Gasteiger partial charge in [0.15, 0.2) is 0 Å². The maximum atomic E-state index is 12.5. The fourth-order valence-electron chi connectivity index (χ4n) is 1.71. The van der Waals surface area contributed by atoms with Gasteiger partial charge in [-0.3, -0.25) is 9.59 Å². The Morgan fingerprint density at radius 2 is 2.05 bits per heavy atom. The molecule has 0 saturated carbocycles. The largest absolute Gasteiger partial charge is 0.574 e. The number of aromatic nitrogens is 2. The monoisotopic (exact) mass is 380 g/mol. The number of nitrogens with zero attached hydrogens (tertiary/aromatic N) is 2. The third-order valence-electron chi connectivity index (χ3n) is 2.61. The first kappa shape index (κ1) is 16.3. The summed E-state index contributed by atoms with van der Waals surface area (Å²) in [5.74, 6) is -1.65. The third-order valence-corrected chi connectivity index (χ3v) is 3.10. The summed E-state index contributed by atoms with van der Waals surface area (Å²) >= 11 is 3.12. The van der Waals surface area contributed by atoms with E-state index >= 15 is 0 Å². The molecule has 2 rings (SSSR count). The van der Waals surface area contributed by atoms with Gasteiger partial charge in [0, 0.05) is 4.47 Å². The molecule has 1 aromatic carbocycles. The number of esters is 1. The molecule has 0 fully saturated rings. The zero-order chi connectivity index (χ0) is 16.5. The van der Waals surface area contributed by atoms with Crippen molar-refractivity contribution in [3.63, 3.8) is 0 Å². The Balaban J connectivity index is 2.69. The normalized spacial score (nSPS) is 11.5. The maximum absolute atomic E-state index is 12.5. The molecular weight excluding hydrogens is 373 g/mol. The molecule has 0 unspecified atom stereocenters. The van der Waals surface area contributed by atoms with E-state index in [1.54, 1.807) is 0 Å². The molecule has 0 N–H and O–H groups in total. The topological polar surface area (TPSA) is 70.4 Å². The van der Waals surface area contributed by atoms with E-state index in [0.29, 0.717) is 9.15 Å². The number of alkyl halides is 3. The summed E-state index contributed by atoms with van der Waals surface area (Å²) < 4.78 is 46.6. The lowest BCUT2D eigenvalue weighted by Crippen LogP contribution is -2.29. The summed E-state index contributed by atoms with van der Waals surface area (Å²) in [5.41, 5.74) is -0.740. The van der Waals surface area contributed by atoms with Crippen molar-refractivity contribution in [3.8, 4) is 5.88 Å². The van der Waals surface area contributed by atoms with Crippen molar-refractivity contribution in [1.29, 1.82) is 0 Å². The summed E-state index contributed by atoms with van der Waals surface area (Å²) in [5, 5.41) is 3.25. The molecule has 0 aliphatic carbocycles. The molecule has 22 heavy (non-hydrogen) atoms.